The van der Waals surface area contributed by atoms with Crippen molar-refractivity contribution in [3.05, 3.63) is 57.6 Å². The number of benzene rings is 2. The highest BCUT2D eigenvalue weighted by Crippen LogP contribution is 2.29. The van der Waals surface area contributed by atoms with Crippen LogP contribution in [-0.2, 0) is 22.6 Å². The van der Waals surface area contributed by atoms with Gasteiger partial charge in [0.05, 0.1) is 13.2 Å². The number of nitrogens with one attached hydrogen (secondary N) is 1. The van der Waals surface area contributed by atoms with Gasteiger partial charge in [0.2, 0.25) is 11.8 Å². The van der Waals surface area contributed by atoms with Crippen molar-refractivity contribution in [1.29, 1.82) is 0 Å². The number of hydrogen-bond donors (Lipinski definition) is 1. The minimum Gasteiger partial charge on any atom is -0.490 e. The van der Waals surface area contributed by atoms with E-state index in [-0.39, 0.29) is 24.8 Å². The summed E-state index contributed by atoms with van der Waals surface area (Å²) in [5, 5.41) is 3.96. The lowest BCUT2D eigenvalue weighted by Gasteiger charge is -2.31. The molecule has 8 heteroatoms. The van der Waals surface area contributed by atoms with Gasteiger partial charge >= 0.3 is 0 Å². The van der Waals surface area contributed by atoms with Gasteiger partial charge < -0.3 is 19.7 Å². The van der Waals surface area contributed by atoms with Gasteiger partial charge in [-0.2, -0.15) is 0 Å². The van der Waals surface area contributed by atoms with Gasteiger partial charge in [-0.1, -0.05) is 56.1 Å². The minimum absolute atomic E-state index is 0.126. The number of halogens is 2. The lowest BCUT2D eigenvalue weighted by molar-refractivity contribution is -0.141. The Hall–Kier alpha value is -2.44. The molecule has 0 aliphatic carbocycles. The third kappa shape index (κ3) is 8.90. The zero-order chi connectivity index (χ0) is 26.7. The van der Waals surface area contributed by atoms with Gasteiger partial charge in [0.15, 0.2) is 11.5 Å². The summed E-state index contributed by atoms with van der Waals surface area (Å²) in [7, 11) is 0. The SMILES string of the molecule is CCOc1ccc(CCC(=O)N(Cc2ccc(Cl)cc2Cl)C(CC)C(=O)NCC(C)C)cc1OCC. The molecule has 36 heavy (non-hydrogen) atoms. The number of hydrogen-bond acceptors (Lipinski definition) is 4. The van der Waals surface area contributed by atoms with Crippen LogP contribution in [0.4, 0.5) is 0 Å². The summed E-state index contributed by atoms with van der Waals surface area (Å²) < 4.78 is 11.4. The fourth-order valence-corrected chi connectivity index (χ4v) is 4.29. The molecule has 1 atom stereocenters. The Balaban J connectivity index is 2.26. The van der Waals surface area contributed by atoms with Crippen LogP contribution in [0.3, 0.4) is 0 Å². The molecule has 2 amide bonds. The van der Waals surface area contributed by atoms with Crippen LogP contribution in [0.1, 0.15) is 58.6 Å². The van der Waals surface area contributed by atoms with E-state index in [0.29, 0.717) is 60.1 Å². The van der Waals surface area contributed by atoms with Crippen LogP contribution in [0.15, 0.2) is 36.4 Å². The van der Waals surface area contributed by atoms with Crippen LogP contribution in [0.2, 0.25) is 10.0 Å². The van der Waals surface area contributed by atoms with E-state index in [1.165, 1.54) is 0 Å². The van der Waals surface area contributed by atoms with Crippen LogP contribution in [0.5, 0.6) is 11.5 Å². The fourth-order valence-electron chi connectivity index (χ4n) is 3.82. The highest BCUT2D eigenvalue weighted by molar-refractivity contribution is 6.35. The highest BCUT2D eigenvalue weighted by Gasteiger charge is 2.29. The summed E-state index contributed by atoms with van der Waals surface area (Å²) in [6, 6.07) is 10.3. The first-order chi connectivity index (χ1) is 17.2. The largest absolute Gasteiger partial charge is 0.490 e. The van der Waals surface area contributed by atoms with Crippen LogP contribution < -0.4 is 14.8 Å². The van der Waals surface area contributed by atoms with Gasteiger partial charge in [-0.25, -0.2) is 0 Å². The summed E-state index contributed by atoms with van der Waals surface area (Å²) >= 11 is 12.5. The van der Waals surface area contributed by atoms with Crippen molar-refractivity contribution in [3.8, 4) is 11.5 Å². The summed E-state index contributed by atoms with van der Waals surface area (Å²) in [4.78, 5) is 28.2. The molecular formula is C28H38Cl2N2O4. The number of carbonyl (C=O) groups is 2. The van der Waals surface area contributed by atoms with Crippen molar-refractivity contribution in [2.75, 3.05) is 19.8 Å². The maximum Gasteiger partial charge on any atom is 0.242 e. The molecular weight excluding hydrogens is 499 g/mol. The Morgan fingerprint density at radius 1 is 0.972 bits per heavy atom. The molecule has 0 saturated heterocycles. The van der Waals surface area contributed by atoms with E-state index in [1.54, 1.807) is 23.1 Å². The zero-order valence-corrected chi connectivity index (χ0v) is 23.4. The predicted molar refractivity (Wildman–Crippen MR) is 146 cm³/mol. The maximum atomic E-state index is 13.5. The van der Waals surface area contributed by atoms with Gasteiger partial charge in [-0.3, -0.25) is 9.59 Å². The molecule has 0 aliphatic heterocycles. The lowest BCUT2D eigenvalue weighted by Crippen LogP contribution is -2.49. The second-order valence-electron chi connectivity index (χ2n) is 8.97. The van der Waals surface area contributed by atoms with Crippen LogP contribution in [0.25, 0.3) is 0 Å². The summed E-state index contributed by atoms with van der Waals surface area (Å²) in [6.07, 6.45) is 1.22. The Morgan fingerprint density at radius 3 is 2.28 bits per heavy atom. The second-order valence-corrected chi connectivity index (χ2v) is 9.81. The molecule has 198 valence electrons. The van der Waals surface area contributed by atoms with E-state index in [9.17, 15) is 9.59 Å². The van der Waals surface area contributed by atoms with Crippen molar-refractivity contribution in [2.24, 2.45) is 5.92 Å². The molecule has 0 heterocycles. The Bertz CT molecular complexity index is 1010. The van der Waals surface area contributed by atoms with Crippen molar-refractivity contribution >= 4 is 35.0 Å². The first-order valence-corrected chi connectivity index (χ1v) is 13.3. The molecule has 0 spiro atoms. The van der Waals surface area contributed by atoms with Gasteiger partial charge in [-0.05, 0) is 68.0 Å². The topological polar surface area (TPSA) is 67.9 Å². The van der Waals surface area contributed by atoms with E-state index in [2.05, 4.69) is 5.32 Å². The molecule has 2 rings (SSSR count). The zero-order valence-electron chi connectivity index (χ0n) is 21.9. The molecule has 0 radical (unpaired) electrons. The Kier molecular flexibility index (Phi) is 12.4. The molecule has 1 N–H and O–H groups in total. The van der Waals surface area contributed by atoms with Crippen molar-refractivity contribution in [1.82, 2.24) is 10.2 Å². The lowest BCUT2D eigenvalue weighted by atomic mass is 10.1. The first-order valence-electron chi connectivity index (χ1n) is 12.6. The first kappa shape index (κ1) is 29.8. The van der Waals surface area contributed by atoms with E-state index in [1.807, 2.05) is 52.8 Å². The molecule has 0 aliphatic rings. The fraction of sp³-hybridized carbons (Fsp3) is 0.500. The van der Waals surface area contributed by atoms with E-state index >= 15 is 0 Å². The minimum atomic E-state index is -0.609. The van der Waals surface area contributed by atoms with Crippen molar-refractivity contribution in [2.45, 2.75) is 66.5 Å². The smallest absolute Gasteiger partial charge is 0.242 e. The number of ether oxygens (including phenoxy) is 2. The average Bonchev–Trinajstić information content (AvgIpc) is 2.84. The van der Waals surface area contributed by atoms with E-state index < -0.39 is 6.04 Å². The van der Waals surface area contributed by atoms with Gasteiger partial charge in [-0.15, -0.1) is 0 Å². The number of carbonyl (C=O) groups excluding carboxylic acids is 2. The number of nitrogens with zero attached hydrogens (tertiary/aromatic N) is 1. The molecule has 0 bridgehead atoms. The number of amides is 2. The third-order valence-corrected chi connectivity index (χ3v) is 6.25. The van der Waals surface area contributed by atoms with Gasteiger partial charge in [0, 0.05) is 29.6 Å². The maximum absolute atomic E-state index is 13.5. The highest BCUT2D eigenvalue weighted by atomic mass is 35.5. The van der Waals surface area contributed by atoms with Crippen molar-refractivity contribution < 1.29 is 19.1 Å². The molecule has 2 aromatic carbocycles. The van der Waals surface area contributed by atoms with Crippen molar-refractivity contribution in [3.63, 3.8) is 0 Å². The molecule has 0 aromatic heterocycles. The number of aryl methyl sites for hydroxylation is 1. The molecule has 0 saturated carbocycles. The predicted octanol–water partition coefficient (Wildman–Crippen LogP) is 6.30. The quantitative estimate of drug-likeness (QED) is 0.307. The molecule has 6 nitrogen and oxygen atoms in total. The molecule has 2 aromatic rings. The molecule has 1 unspecified atom stereocenters. The van der Waals surface area contributed by atoms with Gasteiger partial charge in [0.1, 0.15) is 6.04 Å². The van der Waals surface area contributed by atoms with Crippen LogP contribution >= 0.6 is 23.2 Å². The number of rotatable bonds is 14. The van der Waals surface area contributed by atoms with E-state index in [4.69, 9.17) is 32.7 Å². The Morgan fingerprint density at radius 2 is 1.67 bits per heavy atom. The van der Waals surface area contributed by atoms with Gasteiger partial charge in [0.25, 0.3) is 0 Å². The van der Waals surface area contributed by atoms with Crippen LogP contribution in [0, 0.1) is 5.92 Å². The molecule has 0 fully saturated rings. The standard InChI is InChI=1S/C28H38Cl2N2O4/c1-6-24(28(34)31-17-19(4)5)32(18-21-11-12-22(29)16-23(21)30)27(33)14-10-20-9-13-25(35-7-2)26(15-20)36-8-3/h9,11-13,15-16,19,24H,6-8,10,14,17-18H2,1-5H3,(H,31,34). The second kappa shape index (κ2) is 15.0. The van der Waals surface area contributed by atoms with Crippen LogP contribution in [-0.4, -0.2) is 42.5 Å². The third-order valence-electron chi connectivity index (χ3n) is 5.66. The summed E-state index contributed by atoms with van der Waals surface area (Å²) in [6.45, 7) is 11.6. The Labute approximate surface area is 225 Å². The summed E-state index contributed by atoms with van der Waals surface area (Å²) in [5.41, 5.74) is 1.70. The average molecular weight is 538 g/mol. The summed E-state index contributed by atoms with van der Waals surface area (Å²) in [5.74, 6) is 1.36. The monoisotopic (exact) mass is 536 g/mol. The normalized spacial score (nSPS) is 11.8. The van der Waals surface area contributed by atoms with E-state index in [0.717, 1.165) is 11.1 Å².